The van der Waals surface area contributed by atoms with Crippen molar-refractivity contribution in [2.45, 2.75) is 19.9 Å². The molecule has 3 N–H and O–H groups in total. The number of nitrogens with zero attached hydrogens (tertiary/aromatic N) is 2. The van der Waals surface area contributed by atoms with Crippen LogP contribution in [0.25, 0.3) is 10.6 Å². The smallest absolute Gasteiger partial charge is 0.243 e. The lowest BCUT2D eigenvalue weighted by Crippen LogP contribution is -2.39. The van der Waals surface area contributed by atoms with Gasteiger partial charge in [-0.05, 0) is 30.2 Å². The molecule has 0 bridgehead atoms. The molecule has 1 heterocycles. The lowest BCUT2D eigenvalue weighted by Gasteiger charge is -2.13. The van der Waals surface area contributed by atoms with Gasteiger partial charge in [0, 0.05) is 5.56 Å². The molecule has 1 aromatic heterocycles. The van der Waals surface area contributed by atoms with E-state index in [4.69, 9.17) is 10.5 Å². The number of rotatable bonds is 5. The highest BCUT2D eigenvalue weighted by Gasteiger charge is 2.19. The first kappa shape index (κ1) is 15.4. The summed E-state index contributed by atoms with van der Waals surface area (Å²) in [5.74, 6) is 0.598. The van der Waals surface area contributed by atoms with E-state index in [1.807, 2.05) is 38.1 Å². The Morgan fingerprint density at radius 3 is 2.52 bits per heavy atom. The number of carbonyl (C=O) groups is 1. The minimum atomic E-state index is -0.557. The maximum Gasteiger partial charge on any atom is 0.243 e. The summed E-state index contributed by atoms with van der Waals surface area (Å²) in [5.41, 5.74) is 6.71. The first-order valence-corrected chi connectivity index (χ1v) is 7.37. The predicted molar refractivity (Wildman–Crippen MR) is 83.3 cm³/mol. The molecule has 0 fully saturated rings. The number of anilines is 1. The van der Waals surface area contributed by atoms with E-state index in [0.29, 0.717) is 5.13 Å². The molecule has 1 amide bonds. The molecular formula is C14H18N4O2S. The zero-order valence-electron chi connectivity index (χ0n) is 12.2. The van der Waals surface area contributed by atoms with Gasteiger partial charge in [-0.2, -0.15) is 0 Å². The number of ether oxygens (including phenoxy) is 1. The summed E-state index contributed by atoms with van der Waals surface area (Å²) in [6.45, 7) is 3.79. The molecule has 0 unspecified atom stereocenters. The first-order chi connectivity index (χ1) is 10.0. The zero-order valence-corrected chi connectivity index (χ0v) is 13.0. The summed E-state index contributed by atoms with van der Waals surface area (Å²) in [7, 11) is 1.62. The Labute approximate surface area is 127 Å². The number of hydrogen-bond donors (Lipinski definition) is 2. The van der Waals surface area contributed by atoms with E-state index in [9.17, 15) is 4.79 Å². The second-order valence-corrected chi connectivity index (χ2v) is 5.88. The van der Waals surface area contributed by atoms with Crippen LogP contribution >= 0.6 is 11.3 Å². The molecule has 21 heavy (non-hydrogen) atoms. The molecule has 0 saturated carbocycles. The minimum Gasteiger partial charge on any atom is -0.497 e. The van der Waals surface area contributed by atoms with Gasteiger partial charge in [0.2, 0.25) is 11.0 Å². The number of carbonyl (C=O) groups excluding carboxylic acids is 1. The van der Waals surface area contributed by atoms with E-state index in [0.717, 1.165) is 16.3 Å². The predicted octanol–water partition coefficient (Wildman–Crippen LogP) is 2.14. The van der Waals surface area contributed by atoms with Crippen LogP contribution in [0.5, 0.6) is 5.75 Å². The minimum absolute atomic E-state index is 0.0685. The summed E-state index contributed by atoms with van der Waals surface area (Å²) >= 11 is 1.31. The van der Waals surface area contributed by atoms with Gasteiger partial charge in [-0.1, -0.05) is 25.2 Å². The summed E-state index contributed by atoms with van der Waals surface area (Å²) in [5, 5.41) is 11.9. The Morgan fingerprint density at radius 2 is 1.95 bits per heavy atom. The largest absolute Gasteiger partial charge is 0.497 e. The van der Waals surface area contributed by atoms with Crippen molar-refractivity contribution in [2.24, 2.45) is 11.7 Å². The fourth-order valence-electron chi connectivity index (χ4n) is 1.62. The molecule has 6 nitrogen and oxygen atoms in total. The Bertz CT molecular complexity index is 610. The molecule has 112 valence electrons. The molecule has 0 aliphatic carbocycles. The van der Waals surface area contributed by atoms with Gasteiger partial charge in [0.1, 0.15) is 10.8 Å². The summed E-state index contributed by atoms with van der Waals surface area (Å²) < 4.78 is 5.11. The van der Waals surface area contributed by atoms with Crippen LogP contribution in [-0.4, -0.2) is 29.3 Å². The van der Waals surface area contributed by atoms with Crippen LogP contribution in [-0.2, 0) is 4.79 Å². The van der Waals surface area contributed by atoms with Gasteiger partial charge < -0.3 is 10.5 Å². The number of amides is 1. The third-order valence-electron chi connectivity index (χ3n) is 3.01. The Kier molecular flexibility index (Phi) is 4.87. The number of hydrogen-bond acceptors (Lipinski definition) is 6. The average Bonchev–Trinajstić information content (AvgIpc) is 2.94. The van der Waals surface area contributed by atoms with Crippen molar-refractivity contribution in [3.05, 3.63) is 24.3 Å². The molecule has 7 heteroatoms. The standard InChI is InChI=1S/C14H18N4O2S/c1-8(2)11(15)12(19)16-14-18-17-13(21-14)9-4-6-10(20-3)7-5-9/h4-8,11H,15H2,1-3H3,(H,16,18,19)/t11-/m0/s1. The van der Waals surface area contributed by atoms with E-state index < -0.39 is 6.04 Å². The van der Waals surface area contributed by atoms with Gasteiger partial charge in [0.15, 0.2) is 0 Å². The highest BCUT2D eigenvalue weighted by molar-refractivity contribution is 7.18. The molecule has 2 aromatic rings. The van der Waals surface area contributed by atoms with Crippen molar-refractivity contribution in [3.63, 3.8) is 0 Å². The summed E-state index contributed by atoms with van der Waals surface area (Å²) in [6.07, 6.45) is 0. The van der Waals surface area contributed by atoms with Gasteiger partial charge >= 0.3 is 0 Å². The maximum atomic E-state index is 11.9. The van der Waals surface area contributed by atoms with E-state index in [1.54, 1.807) is 7.11 Å². The highest BCUT2D eigenvalue weighted by atomic mass is 32.1. The Balaban J connectivity index is 2.08. The van der Waals surface area contributed by atoms with Crippen LogP contribution in [0.15, 0.2) is 24.3 Å². The molecule has 0 saturated heterocycles. The van der Waals surface area contributed by atoms with Crippen LogP contribution in [0, 0.1) is 5.92 Å². The second-order valence-electron chi connectivity index (χ2n) is 4.90. The fourth-order valence-corrected chi connectivity index (χ4v) is 2.37. The van der Waals surface area contributed by atoms with Crippen LogP contribution in [0.1, 0.15) is 13.8 Å². The van der Waals surface area contributed by atoms with Crippen molar-refractivity contribution in [1.82, 2.24) is 10.2 Å². The molecule has 0 spiro atoms. The number of benzene rings is 1. The van der Waals surface area contributed by atoms with Crippen molar-refractivity contribution >= 4 is 22.4 Å². The van der Waals surface area contributed by atoms with E-state index >= 15 is 0 Å². The second kappa shape index (κ2) is 6.64. The fraction of sp³-hybridized carbons (Fsp3) is 0.357. The third kappa shape index (κ3) is 3.77. The lowest BCUT2D eigenvalue weighted by atomic mass is 10.1. The highest BCUT2D eigenvalue weighted by Crippen LogP contribution is 2.27. The van der Waals surface area contributed by atoms with Crippen LogP contribution in [0.3, 0.4) is 0 Å². The van der Waals surface area contributed by atoms with Gasteiger partial charge in [0.05, 0.1) is 13.2 Å². The zero-order chi connectivity index (χ0) is 15.4. The monoisotopic (exact) mass is 306 g/mol. The van der Waals surface area contributed by atoms with Crippen molar-refractivity contribution in [3.8, 4) is 16.3 Å². The van der Waals surface area contributed by atoms with Crippen molar-refractivity contribution in [2.75, 3.05) is 12.4 Å². The van der Waals surface area contributed by atoms with Crippen molar-refractivity contribution in [1.29, 1.82) is 0 Å². The molecule has 0 aliphatic heterocycles. The SMILES string of the molecule is COc1ccc(-c2nnc(NC(=O)[C@@H](N)C(C)C)s2)cc1. The third-order valence-corrected chi connectivity index (χ3v) is 3.90. The van der Waals surface area contributed by atoms with Gasteiger partial charge in [0.25, 0.3) is 0 Å². The number of methoxy groups -OCH3 is 1. The normalized spacial score (nSPS) is 12.2. The lowest BCUT2D eigenvalue weighted by molar-refractivity contribution is -0.118. The van der Waals surface area contributed by atoms with Crippen LogP contribution in [0.4, 0.5) is 5.13 Å². The summed E-state index contributed by atoms with van der Waals surface area (Å²) in [4.78, 5) is 11.9. The van der Waals surface area contributed by atoms with Crippen molar-refractivity contribution < 1.29 is 9.53 Å². The molecule has 0 radical (unpaired) electrons. The van der Waals surface area contributed by atoms with Crippen LogP contribution < -0.4 is 15.8 Å². The Hall–Kier alpha value is -1.99. The molecule has 2 rings (SSSR count). The van der Waals surface area contributed by atoms with E-state index in [1.165, 1.54) is 11.3 Å². The van der Waals surface area contributed by atoms with Crippen LogP contribution in [0.2, 0.25) is 0 Å². The summed E-state index contributed by atoms with van der Waals surface area (Å²) in [6, 6.07) is 6.93. The quantitative estimate of drug-likeness (QED) is 0.883. The number of aromatic nitrogens is 2. The average molecular weight is 306 g/mol. The molecular weight excluding hydrogens is 288 g/mol. The maximum absolute atomic E-state index is 11.9. The number of nitrogens with two attached hydrogens (primary N) is 1. The van der Waals surface area contributed by atoms with Gasteiger partial charge in [-0.15, -0.1) is 10.2 Å². The van der Waals surface area contributed by atoms with E-state index in [-0.39, 0.29) is 11.8 Å². The Morgan fingerprint density at radius 1 is 1.29 bits per heavy atom. The molecule has 1 atom stereocenters. The van der Waals surface area contributed by atoms with E-state index in [2.05, 4.69) is 15.5 Å². The van der Waals surface area contributed by atoms with Gasteiger partial charge in [-0.25, -0.2) is 0 Å². The van der Waals surface area contributed by atoms with Gasteiger partial charge in [-0.3, -0.25) is 10.1 Å². The first-order valence-electron chi connectivity index (χ1n) is 6.55. The number of nitrogens with one attached hydrogen (secondary N) is 1. The topological polar surface area (TPSA) is 90.1 Å². The molecule has 1 aromatic carbocycles. The molecule has 0 aliphatic rings.